The van der Waals surface area contributed by atoms with Gasteiger partial charge in [0.2, 0.25) is 6.23 Å². The number of ether oxygens (including phenoxy) is 2. The molecule has 0 saturated heterocycles. The third-order valence-corrected chi connectivity index (χ3v) is 1.67. The number of carbonyl (C=O) groups excluding carboxylic acids is 1. The number of aliphatic hydroxyl groups excluding tert-OH is 2. The molecule has 0 spiro atoms. The van der Waals surface area contributed by atoms with Crippen molar-refractivity contribution in [2.45, 2.75) is 19.3 Å². The number of hydrogen-bond acceptors (Lipinski definition) is 6. The summed E-state index contributed by atoms with van der Waals surface area (Å²) in [7, 11) is 0. The minimum Gasteiger partial charge on any atom is -0.465 e. The first kappa shape index (κ1) is 16.4. The van der Waals surface area contributed by atoms with Crippen molar-refractivity contribution in [1.82, 2.24) is 5.32 Å². The highest BCUT2D eigenvalue weighted by molar-refractivity contribution is 5.87. The third-order valence-electron chi connectivity index (χ3n) is 1.67. The maximum Gasteiger partial charge on any atom is 0.407 e. The van der Waals surface area contributed by atoms with Crippen molar-refractivity contribution >= 4 is 12.1 Å². The van der Waals surface area contributed by atoms with Gasteiger partial charge in [-0.1, -0.05) is 6.58 Å². The van der Waals surface area contributed by atoms with Crippen molar-refractivity contribution in [2.75, 3.05) is 19.8 Å². The lowest BCUT2D eigenvalue weighted by Crippen LogP contribution is -2.41. The normalized spacial score (nSPS) is 13.5. The molecular weight excluding hydrogens is 246 g/mol. The van der Waals surface area contributed by atoms with E-state index in [-0.39, 0.29) is 18.8 Å². The van der Waals surface area contributed by atoms with E-state index in [1.807, 2.05) is 5.32 Å². The van der Waals surface area contributed by atoms with E-state index in [9.17, 15) is 9.59 Å². The van der Waals surface area contributed by atoms with Crippen molar-refractivity contribution in [1.29, 1.82) is 0 Å². The van der Waals surface area contributed by atoms with Gasteiger partial charge in [-0.25, -0.2) is 9.59 Å². The molecule has 0 heterocycles. The summed E-state index contributed by atoms with van der Waals surface area (Å²) in [6.45, 7) is 3.78. The molecular formula is C10H17NO7. The molecule has 104 valence electrons. The number of aliphatic hydroxyl groups is 2. The summed E-state index contributed by atoms with van der Waals surface area (Å²) in [6.07, 6.45) is -3.68. The van der Waals surface area contributed by atoms with E-state index in [2.05, 4.69) is 6.58 Å². The zero-order valence-electron chi connectivity index (χ0n) is 9.96. The number of carboxylic acid groups (broad SMARTS) is 1. The summed E-state index contributed by atoms with van der Waals surface area (Å²) < 4.78 is 9.63. The van der Waals surface area contributed by atoms with Crippen LogP contribution in [0.5, 0.6) is 0 Å². The van der Waals surface area contributed by atoms with Gasteiger partial charge in [0.15, 0.2) is 0 Å². The first-order chi connectivity index (χ1) is 8.36. The molecule has 0 aromatic heterocycles. The van der Waals surface area contributed by atoms with E-state index in [1.54, 1.807) is 0 Å². The number of carbonyl (C=O) groups is 2. The predicted octanol–water partition coefficient (Wildman–Crippen LogP) is -0.931. The lowest BCUT2D eigenvalue weighted by molar-refractivity contribution is -0.149. The number of nitrogens with one attached hydrogen (secondary N) is 1. The SMILES string of the molecule is C=C(C)C(=O)OC(COCC(O)CO)NC(=O)O. The monoisotopic (exact) mass is 263 g/mol. The fraction of sp³-hybridized carbons (Fsp3) is 0.600. The van der Waals surface area contributed by atoms with Gasteiger partial charge in [0.1, 0.15) is 12.7 Å². The Hall–Kier alpha value is -1.64. The minimum atomic E-state index is -1.39. The van der Waals surface area contributed by atoms with E-state index < -0.39 is 31.0 Å². The van der Waals surface area contributed by atoms with Crippen molar-refractivity contribution in [3.8, 4) is 0 Å². The van der Waals surface area contributed by atoms with E-state index in [0.717, 1.165) is 0 Å². The Balaban J connectivity index is 4.19. The van der Waals surface area contributed by atoms with E-state index in [4.69, 9.17) is 24.8 Å². The van der Waals surface area contributed by atoms with Crippen molar-refractivity contribution in [3.05, 3.63) is 12.2 Å². The Morgan fingerprint density at radius 3 is 2.44 bits per heavy atom. The average molecular weight is 263 g/mol. The summed E-state index contributed by atoms with van der Waals surface area (Å²) in [5, 5.41) is 28.0. The highest BCUT2D eigenvalue weighted by Crippen LogP contribution is 1.98. The van der Waals surface area contributed by atoms with Crippen molar-refractivity contribution in [3.63, 3.8) is 0 Å². The first-order valence-corrected chi connectivity index (χ1v) is 5.09. The minimum absolute atomic E-state index is 0.114. The fourth-order valence-electron chi connectivity index (χ4n) is 0.836. The lowest BCUT2D eigenvalue weighted by Gasteiger charge is -2.18. The molecule has 0 saturated carbocycles. The Kier molecular flexibility index (Phi) is 7.68. The van der Waals surface area contributed by atoms with Crippen LogP contribution in [0.3, 0.4) is 0 Å². The number of rotatable bonds is 8. The van der Waals surface area contributed by atoms with Crippen LogP contribution in [0.15, 0.2) is 12.2 Å². The maximum absolute atomic E-state index is 11.2. The van der Waals surface area contributed by atoms with Crippen LogP contribution in [0, 0.1) is 0 Å². The third kappa shape index (κ3) is 7.60. The molecule has 1 amide bonds. The van der Waals surface area contributed by atoms with Gasteiger partial charge >= 0.3 is 12.1 Å². The average Bonchev–Trinajstić information content (AvgIpc) is 2.27. The standard InChI is InChI=1S/C10H17NO7/c1-6(2)9(14)18-8(11-10(15)16)5-17-4-7(13)3-12/h7-8,11-13H,1,3-5H2,2H3,(H,15,16). The second-order valence-corrected chi connectivity index (χ2v) is 3.50. The largest absolute Gasteiger partial charge is 0.465 e. The second kappa shape index (κ2) is 8.45. The van der Waals surface area contributed by atoms with Crippen LogP contribution in [0.25, 0.3) is 0 Å². The zero-order chi connectivity index (χ0) is 14.1. The number of esters is 1. The smallest absolute Gasteiger partial charge is 0.407 e. The van der Waals surface area contributed by atoms with Crippen molar-refractivity contribution in [2.24, 2.45) is 0 Å². The van der Waals surface area contributed by atoms with Gasteiger partial charge in [-0.3, -0.25) is 5.32 Å². The Morgan fingerprint density at radius 2 is 2.00 bits per heavy atom. The van der Waals surface area contributed by atoms with Crippen LogP contribution in [-0.2, 0) is 14.3 Å². The zero-order valence-corrected chi connectivity index (χ0v) is 9.96. The Bertz CT molecular complexity index is 305. The van der Waals surface area contributed by atoms with Crippen LogP contribution >= 0.6 is 0 Å². The molecule has 0 radical (unpaired) electrons. The second-order valence-electron chi connectivity index (χ2n) is 3.50. The van der Waals surface area contributed by atoms with Crippen LogP contribution < -0.4 is 5.32 Å². The first-order valence-electron chi connectivity index (χ1n) is 5.09. The van der Waals surface area contributed by atoms with Gasteiger partial charge < -0.3 is 24.8 Å². The van der Waals surface area contributed by atoms with Gasteiger partial charge in [0.05, 0.1) is 13.2 Å². The molecule has 0 rings (SSSR count). The van der Waals surface area contributed by atoms with Crippen molar-refractivity contribution < 1.29 is 34.4 Å². The summed E-state index contributed by atoms with van der Waals surface area (Å²) in [5.41, 5.74) is 0.114. The summed E-state index contributed by atoms with van der Waals surface area (Å²) in [5.74, 6) is -0.764. The van der Waals surface area contributed by atoms with Gasteiger partial charge in [-0.2, -0.15) is 0 Å². The lowest BCUT2D eigenvalue weighted by atomic mass is 10.4. The van der Waals surface area contributed by atoms with E-state index in [1.165, 1.54) is 6.92 Å². The fourth-order valence-corrected chi connectivity index (χ4v) is 0.836. The van der Waals surface area contributed by atoms with Gasteiger partial charge in [-0.15, -0.1) is 0 Å². The Labute approximate surface area is 104 Å². The molecule has 0 aromatic rings. The molecule has 0 aliphatic carbocycles. The molecule has 8 heteroatoms. The van der Waals surface area contributed by atoms with Gasteiger partial charge in [0.25, 0.3) is 0 Å². The van der Waals surface area contributed by atoms with Gasteiger partial charge in [0, 0.05) is 5.57 Å². The molecule has 2 unspecified atom stereocenters. The van der Waals surface area contributed by atoms with Gasteiger partial charge in [-0.05, 0) is 6.92 Å². The molecule has 18 heavy (non-hydrogen) atoms. The summed E-state index contributed by atoms with van der Waals surface area (Å²) in [6, 6.07) is 0. The van der Waals surface area contributed by atoms with E-state index in [0.29, 0.717) is 0 Å². The molecule has 0 aliphatic heterocycles. The van der Waals surface area contributed by atoms with Crippen LogP contribution in [0.2, 0.25) is 0 Å². The van der Waals surface area contributed by atoms with E-state index >= 15 is 0 Å². The Morgan fingerprint density at radius 1 is 1.39 bits per heavy atom. The number of hydrogen-bond donors (Lipinski definition) is 4. The van der Waals surface area contributed by atoms with Crippen LogP contribution in [0.4, 0.5) is 4.79 Å². The summed E-state index contributed by atoms with van der Waals surface area (Å²) >= 11 is 0. The highest BCUT2D eigenvalue weighted by atomic mass is 16.6. The quantitative estimate of drug-likeness (QED) is 0.253. The molecule has 2 atom stereocenters. The molecule has 0 aliphatic rings. The topological polar surface area (TPSA) is 125 Å². The van der Waals surface area contributed by atoms with Crippen LogP contribution in [0.1, 0.15) is 6.92 Å². The van der Waals surface area contributed by atoms with Crippen LogP contribution in [-0.4, -0.2) is 59.5 Å². The maximum atomic E-state index is 11.2. The molecule has 8 nitrogen and oxygen atoms in total. The highest BCUT2D eigenvalue weighted by Gasteiger charge is 2.17. The number of amides is 1. The molecule has 4 N–H and O–H groups in total. The molecule has 0 bridgehead atoms. The summed E-state index contributed by atoms with van der Waals surface area (Å²) in [4.78, 5) is 21.6. The molecule has 0 fully saturated rings. The molecule has 0 aromatic carbocycles. The predicted molar refractivity (Wildman–Crippen MR) is 59.8 cm³/mol.